The van der Waals surface area contributed by atoms with Gasteiger partial charge < -0.3 is 34.7 Å². The minimum atomic E-state index is -2.74. The van der Waals surface area contributed by atoms with Gasteiger partial charge in [0.2, 0.25) is 17.6 Å². The van der Waals surface area contributed by atoms with E-state index in [0.717, 1.165) is 37.5 Å². The highest BCUT2D eigenvalue weighted by Crippen LogP contribution is 2.44. The van der Waals surface area contributed by atoms with Gasteiger partial charge in [0.1, 0.15) is 24.4 Å². The molecule has 3 heterocycles. The summed E-state index contributed by atoms with van der Waals surface area (Å²) in [6.45, 7) is 4.54. The number of aromatic nitrogens is 4. The van der Waals surface area contributed by atoms with Crippen molar-refractivity contribution in [2.75, 3.05) is 18.9 Å². The standard InChI is InChI=1S/C32H38FN6O8P/c1-4-43-28-24-27(36-31(34)37-28)39(17-35-24)30-32(3,41)26(33)23(46-30)16-44-22-15-14-19-10-8-9-13-21(19)25(22)47-48(42)38-18(2)29(40)45-20-11-6-5-7-12-20/h8-10,13-15,17-18,20,23,26,30,41H,4-7,11-12,16H2,1-3H3,(H2,34,36,37)/t18-,23+,26+,30+,32+/m0/s1. The average Bonchev–Trinajstić information content (AvgIpc) is 3.58. The van der Waals surface area contributed by atoms with E-state index >= 15 is 4.39 Å². The summed E-state index contributed by atoms with van der Waals surface area (Å²) < 4.78 is 50.2. The quantitative estimate of drug-likeness (QED) is 0.166. The molecule has 2 aromatic heterocycles. The van der Waals surface area contributed by atoms with Gasteiger partial charge in [0.05, 0.1) is 12.9 Å². The van der Waals surface area contributed by atoms with Crippen molar-refractivity contribution in [3.63, 3.8) is 0 Å². The van der Waals surface area contributed by atoms with Crippen LogP contribution in [-0.2, 0) is 14.3 Å². The van der Waals surface area contributed by atoms with Crippen molar-refractivity contribution in [1.29, 1.82) is 0 Å². The monoisotopic (exact) mass is 684 g/mol. The third-order valence-electron chi connectivity index (χ3n) is 8.49. The molecular weight excluding hydrogens is 646 g/mol. The predicted octanol–water partition coefficient (Wildman–Crippen LogP) is 4.52. The Kier molecular flexibility index (Phi) is 9.93. The Morgan fingerprint density at radius 1 is 1.23 bits per heavy atom. The lowest BCUT2D eigenvalue weighted by Gasteiger charge is -2.26. The highest BCUT2D eigenvalue weighted by molar-refractivity contribution is 7.34. The molecule has 0 bridgehead atoms. The first-order valence-electron chi connectivity index (χ1n) is 15.9. The van der Waals surface area contributed by atoms with E-state index in [9.17, 15) is 14.8 Å². The first-order valence-corrected chi connectivity index (χ1v) is 17.1. The van der Waals surface area contributed by atoms with E-state index in [4.69, 9.17) is 29.2 Å². The summed E-state index contributed by atoms with van der Waals surface area (Å²) in [5.74, 6) is -0.271. The Hall–Kier alpha value is -4.17. The van der Waals surface area contributed by atoms with E-state index in [1.165, 1.54) is 24.7 Å². The second kappa shape index (κ2) is 14.1. The summed E-state index contributed by atoms with van der Waals surface area (Å²) in [4.78, 5) is 38.3. The normalized spacial score (nSPS) is 24.1. The molecule has 256 valence electrons. The fourth-order valence-electron chi connectivity index (χ4n) is 6.01. The zero-order valence-electron chi connectivity index (χ0n) is 26.8. The number of nitrogens with zero attached hydrogens (tertiary/aromatic N) is 5. The second-order valence-electron chi connectivity index (χ2n) is 12.0. The number of nitrogens with two attached hydrogens (primary N) is 1. The Bertz CT molecular complexity index is 1820. The van der Waals surface area contributed by atoms with Crippen LogP contribution in [0.2, 0.25) is 0 Å². The van der Waals surface area contributed by atoms with Crippen LogP contribution in [0, 0.1) is 0 Å². The van der Waals surface area contributed by atoms with Gasteiger partial charge in [-0.25, -0.2) is 14.2 Å². The lowest BCUT2D eigenvalue weighted by Crippen LogP contribution is -2.42. The molecule has 14 nitrogen and oxygen atoms in total. The first-order chi connectivity index (χ1) is 23.1. The third kappa shape index (κ3) is 6.86. The molecule has 6 rings (SSSR count). The maximum atomic E-state index is 15.8. The Morgan fingerprint density at radius 3 is 2.77 bits per heavy atom. The molecule has 1 saturated heterocycles. The first kappa shape index (κ1) is 33.7. The van der Waals surface area contributed by atoms with E-state index < -0.39 is 44.3 Å². The van der Waals surface area contributed by atoms with Gasteiger partial charge in [-0.2, -0.15) is 9.97 Å². The molecule has 6 atom stereocenters. The van der Waals surface area contributed by atoms with E-state index in [1.807, 2.05) is 12.1 Å². The van der Waals surface area contributed by atoms with E-state index in [-0.39, 0.29) is 47.2 Å². The lowest BCUT2D eigenvalue weighted by molar-refractivity contribution is -0.170. The van der Waals surface area contributed by atoms with Crippen molar-refractivity contribution in [2.24, 2.45) is 4.74 Å². The van der Waals surface area contributed by atoms with Crippen molar-refractivity contribution in [1.82, 2.24) is 19.5 Å². The summed E-state index contributed by atoms with van der Waals surface area (Å²) >= 11 is 0. The summed E-state index contributed by atoms with van der Waals surface area (Å²) in [5, 5.41) is 12.6. The minimum absolute atomic E-state index is 0.0913. The van der Waals surface area contributed by atoms with Crippen molar-refractivity contribution >= 4 is 42.0 Å². The zero-order valence-corrected chi connectivity index (χ0v) is 27.7. The number of esters is 1. The van der Waals surface area contributed by atoms with Crippen molar-refractivity contribution < 1.29 is 42.7 Å². The van der Waals surface area contributed by atoms with Crippen LogP contribution in [-0.4, -0.2) is 73.8 Å². The van der Waals surface area contributed by atoms with Crippen LogP contribution in [0.1, 0.15) is 59.1 Å². The molecule has 3 N–H and O–H groups in total. The lowest BCUT2D eigenvalue weighted by atomic mass is 9.98. The largest absolute Gasteiger partial charge is 0.575 e. The molecule has 2 aliphatic rings. The fraction of sp³-hybridized carbons (Fsp3) is 0.500. The zero-order chi connectivity index (χ0) is 34.0. The number of imidazole rings is 1. The van der Waals surface area contributed by atoms with Gasteiger partial charge in [0.15, 0.2) is 35.4 Å². The van der Waals surface area contributed by atoms with Crippen LogP contribution in [0.25, 0.3) is 21.9 Å². The molecule has 2 aromatic carbocycles. The molecule has 48 heavy (non-hydrogen) atoms. The highest BCUT2D eigenvalue weighted by atomic mass is 31.1. The van der Waals surface area contributed by atoms with Gasteiger partial charge in [0, 0.05) is 5.39 Å². The number of hydrogen-bond acceptors (Lipinski definition) is 13. The Balaban J connectivity index is 1.21. The summed E-state index contributed by atoms with van der Waals surface area (Å²) in [6, 6.07) is 9.54. The van der Waals surface area contributed by atoms with Crippen molar-refractivity contribution in [2.45, 2.75) is 89.1 Å². The molecule has 0 radical (unpaired) electrons. The van der Waals surface area contributed by atoms with E-state index in [1.54, 1.807) is 31.2 Å². The number of fused-ring (bicyclic) bond motifs is 2. The van der Waals surface area contributed by atoms with Crippen molar-refractivity contribution in [3.8, 4) is 17.4 Å². The molecule has 1 aliphatic carbocycles. The number of rotatable bonds is 11. The molecular formula is C32H38FN6O8P. The minimum Gasteiger partial charge on any atom is -0.575 e. The van der Waals surface area contributed by atoms with Crippen LogP contribution in [0.5, 0.6) is 17.4 Å². The smallest absolute Gasteiger partial charge is 0.395 e. The number of benzene rings is 2. The number of ether oxygens (including phenoxy) is 4. The average molecular weight is 685 g/mol. The molecule has 16 heteroatoms. The van der Waals surface area contributed by atoms with Gasteiger partial charge in [0.25, 0.3) is 0 Å². The van der Waals surface area contributed by atoms with Gasteiger partial charge in [-0.1, -0.05) is 41.5 Å². The van der Waals surface area contributed by atoms with Gasteiger partial charge >= 0.3 is 14.1 Å². The van der Waals surface area contributed by atoms with Gasteiger partial charge in [-0.3, -0.25) is 9.09 Å². The molecule has 1 unspecified atom stereocenters. The Labute approximate surface area is 277 Å². The van der Waals surface area contributed by atoms with Crippen LogP contribution in [0.3, 0.4) is 0 Å². The molecule has 0 amide bonds. The number of carbonyl (C=O) groups excluding carboxylic acids is 1. The van der Waals surface area contributed by atoms with Gasteiger partial charge in [-0.15, -0.1) is 0 Å². The summed E-state index contributed by atoms with van der Waals surface area (Å²) in [7, 11) is -2.74. The number of hydrogen-bond donors (Lipinski definition) is 2. The summed E-state index contributed by atoms with van der Waals surface area (Å²) in [5.41, 5.74) is 4.32. The van der Waals surface area contributed by atoms with Crippen molar-refractivity contribution in [3.05, 3.63) is 42.7 Å². The molecule has 1 saturated carbocycles. The van der Waals surface area contributed by atoms with E-state index in [0.29, 0.717) is 12.0 Å². The topological polar surface area (TPSA) is 188 Å². The Morgan fingerprint density at radius 2 is 2.00 bits per heavy atom. The number of anilines is 1. The maximum absolute atomic E-state index is 15.8. The molecule has 0 spiro atoms. The highest BCUT2D eigenvalue weighted by Gasteiger charge is 2.55. The number of carbonyl (C=O) groups is 1. The molecule has 2 fully saturated rings. The predicted molar refractivity (Wildman–Crippen MR) is 172 cm³/mol. The number of nitrogen functional groups attached to an aromatic ring is 1. The number of halogens is 1. The second-order valence-corrected chi connectivity index (χ2v) is 12.9. The van der Waals surface area contributed by atoms with Crippen LogP contribution in [0.4, 0.5) is 10.3 Å². The summed E-state index contributed by atoms with van der Waals surface area (Å²) in [6.07, 6.45) is 1.48. The van der Waals surface area contributed by atoms with Crippen LogP contribution >= 0.6 is 8.17 Å². The molecule has 1 aliphatic heterocycles. The maximum Gasteiger partial charge on any atom is 0.395 e. The molecule has 4 aromatic rings. The SMILES string of the molecule is CCOc1nc(N)nc2c1ncn2[C@@H]1O[C@H](COc2ccc3ccccc3c2O/[P+]([O-])=N/[C@@H](C)C(=O)OC2CCCCC2)[C@@H](F)[C@@]1(C)O. The third-order valence-corrected chi connectivity index (χ3v) is 9.36. The van der Waals surface area contributed by atoms with Crippen LogP contribution in [0.15, 0.2) is 47.5 Å². The van der Waals surface area contributed by atoms with Gasteiger partial charge in [-0.05, 0) is 57.9 Å². The fourth-order valence-corrected chi connectivity index (χ4v) is 6.78. The number of aliphatic hydroxyl groups is 1. The van der Waals surface area contributed by atoms with E-state index in [2.05, 4.69) is 19.7 Å². The number of alkyl halides is 1. The van der Waals surface area contributed by atoms with Crippen LogP contribution < -0.4 is 24.6 Å².